The molecule has 0 unspecified atom stereocenters. The Bertz CT molecular complexity index is 721. The molecular weight excluding hydrogens is 252 g/mol. The lowest BCUT2D eigenvalue weighted by atomic mass is 10.0. The molecule has 2 aromatic rings. The highest BCUT2D eigenvalue weighted by atomic mass is 16.1. The molecule has 5 nitrogen and oxygen atoms in total. The molecule has 0 bridgehead atoms. The second kappa shape index (κ2) is 5.17. The first-order chi connectivity index (χ1) is 9.79. The number of hydrogen-bond donors (Lipinski definition) is 1. The SMILES string of the molecule is CC#CC(=O)NCc1nnc2n1-c1ccccc1CC2. The molecule has 0 radical (unpaired) electrons. The first-order valence-corrected chi connectivity index (χ1v) is 6.51. The van der Waals surface area contributed by atoms with Crippen molar-refractivity contribution in [2.75, 3.05) is 0 Å². The van der Waals surface area contributed by atoms with Gasteiger partial charge in [-0.25, -0.2) is 0 Å². The summed E-state index contributed by atoms with van der Waals surface area (Å²) >= 11 is 0. The zero-order valence-electron chi connectivity index (χ0n) is 11.2. The van der Waals surface area contributed by atoms with E-state index in [1.54, 1.807) is 6.92 Å². The number of aryl methyl sites for hydroxylation is 2. The van der Waals surface area contributed by atoms with E-state index in [1.165, 1.54) is 5.56 Å². The first kappa shape index (κ1) is 12.4. The summed E-state index contributed by atoms with van der Waals surface area (Å²) in [5, 5.41) is 11.1. The van der Waals surface area contributed by atoms with Gasteiger partial charge in [-0.05, 0) is 30.9 Å². The minimum absolute atomic E-state index is 0.297. The van der Waals surface area contributed by atoms with Crippen LogP contribution < -0.4 is 5.32 Å². The molecule has 0 fully saturated rings. The van der Waals surface area contributed by atoms with Gasteiger partial charge in [0.15, 0.2) is 5.82 Å². The molecule has 100 valence electrons. The van der Waals surface area contributed by atoms with Gasteiger partial charge in [-0.2, -0.15) is 0 Å². The number of nitrogens with zero attached hydrogens (tertiary/aromatic N) is 3. The smallest absolute Gasteiger partial charge is 0.296 e. The Morgan fingerprint density at radius 1 is 1.35 bits per heavy atom. The summed E-state index contributed by atoms with van der Waals surface area (Å²) in [6.07, 6.45) is 1.84. The van der Waals surface area contributed by atoms with Crippen LogP contribution in [0.25, 0.3) is 5.69 Å². The van der Waals surface area contributed by atoms with Gasteiger partial charge in [-0.3, -0.25) is 9.36 Å². The number of carbonyl (C=O) groups excluding carboxylic acids is 1. The van der Waals surface area contributed by atoms with Crippen molar-refractivity contribution in [3.8, 4) is 17.5 Å². The molecule has 20 heavy (non-hydrogen) atoms. The van der Waals surface area contributed by atoms with Gasteiger partial charge in [-0.15, -0.1) is 10.2 Å². The molecule has 0 spiro atoms. The summed E-state index contributed by atoms with van der Waals surface area (Å²) in [6, 6.07) is 8.20. The number of benzene rings is 1. The average Bonchev–Trinajstić information content (AvgIpc) is 2.89. The molecule has 1 amide bonds. The lowest BCUT2D eigenvalue weighted by Crippen LogP contribution is -2.24. The third-order valence-corrected chi connectivity index (χ3v) is 3.29. The standard InChI is InChI=1S/C15H14N4O/c1-2-5-15(20)16-10-14-18-17-13-9-8-11-6-3-4-7-12(11)19(13)14/h3-4,6-7H,8-10H2,1H3,(H,16,20). The van der Waals surface area contributed by atoms with Gasteiger partial charge < -0.3 is 5.32 Å². The maximum absolute atomic E-state index is 11.4. The number of fused-ring (bicyclic) bond motifs is 3. The Morgan fingerprint density at radius 2 is 2.20 bits per heavy atom. The van der Waals surface area contributed by atoms with Gasteiger partial charge in [0.05, 0.1) is 12.2 Å². The van der Waals surface area contributed by atoms with Crippen molar-refractivity contribution >= 4 is 5.91 Å². The first-order valence-electron chi connectivity index (χ1n) is 6.51. The van der Waals surface area contributed by atoms with Gasteiger partial charge in [0.1, 0.15) is 5.82 Å². The van der Waals surface area contributed by atoms with E-state index in [0.717, 1.165) is 30.2 Å². The quantitative estimate of drug-likeness (QED) is 0.825. The Kier molecular flexibility index (Phi) is 3.21. The largest absolute Gasteiger partial charge is 0.338 e. The third-order valence-electron chi connectivity index (χ3n) is 3.29. The minimum Gasteiger partial charge on any atom is -0.338 e. The molecule has 1 aliphatic rings. The lowest BCUT2D eigenvalue weighted by Gasteiger charge is -2.19. The number of nitrogens with one attached hydrogen (secondary N) is 1. The van der Waals surface area contributed by atoms with E-state index in [2.05, 4.69) is 39.5 Å². The van der Waals surface area contributed by atoms with Gasteiger partial charge in [0, 0.05) is 6.42 Å². The summed E-state index contributed by atoms with van der Waals surface area (Å²) in [5.74, 6) is 6.40. The molecule has 1 N–H and O–H groups in total. The molecule has 5 heteroatoms. The van der Waals surface area contributed by atoms with Crippen LogP contribution in [0.1, 0.15) is 24.1 Å². The number of amides is 1. The van der Waals surface area contributed by atoms with E-state index in [0.29, 0.717) is 6.54 Å². The van der Waals surface area contributed by atoms with Gasteiger partial charge >= 0.3 is 0 Å². The Balaban J connectivity index is 1.91. The molecule has 3 rings (SSSR count). The van der Waals surface area contributed by atoms with Crippen LogP contribution in [0.2, 0.25) is 0 Å². The summed E-state index contributed by atoms with van der Waals surface area (Å²) in [5.41, 5.74) is 2.38. The summed E-state index contributed by atoms with van der Waals surface area (Å²) in [7, 11) is 0. The maximum Gasteiger partial charge on any atom is 0.296 e. The van der Waals surface area contributed by atoms with E-state index in [9.17, 15) is 4.79 Å². The molecule has 1 aromatic heterocycles. The number of aromatic nitrogens is 3. The molecule has 1 aromatic carbocycles. The predicted molar refractivity (Wildman–Crippen MR) is 74.1 cm³/mol. The van der Waals surface area contributed by atoms with Crippen molar-refractivity contribution in [2.45, 2.75) is 26.3 Å². The number of carbonyl (C=O) groups is 1. The van der Waals surface area contributed by atoms with Crippen molar-refractivity contribution < 1.29 is 4.79 Å². The fraction of sp³-hybridized carbons (Fsp3) is 0.267. The molecule has 0 saturated heterocycles. The Morgan fingerprint density at radius 3 is 3.05 bits per heavy atom. The monoisotopic (exact) mass is 266 g/mol. The number of para-hydroxylation sites is 1. The van der Waals surface area contributed by atoms with Crippen LogP contribution in [0.15, 0.2) is 24.3 Å². The summed E-state index contributed by atoms with van der Waals surface area (Å²) in [4.78, 5) is 11.4. The molecule has 0 saturated carbocycles. The highest BCUT2D eigenvalue weighted by Gasteiger charge is 2.20. The van der Waals surface area contributed by atoms with Gasteiger partial charge in [-0.1, -0.05) is 24.1 Å². The predicted octanol–water partition coefficient (Wildman–Crippen LogP) is 1.01. The fourth-order valence-electron chi connectivity index (χ4n) is 2.41. The van der Waals surface area contributed by atoms with Gasteiger partial charge in [0.25, 0.3) is 5.91 Å². The Hall–Kier alpha value is -2.61. The van der Waals surface area contributed by atoms with Crippen LogP contribution >= 0.6 is 0 Å². The van der Waals surface area contributed by atoms with Crippen molar-refractivity contribution in [3.05, 3.63) is 41.5 Å². The lowest BCUT2D eigenvalue weighted by molar-refractivity contribution is -0.115. The maximum atomic E-state index is 11.4. The minimum atomic E-state index is -0.297. The van der Waals surface area contributed by atoms with Crippen LogP contribution in [0, 0.1) is 11.8 Å². The zero-order valence-corrected chi connectivity index (χ0v) is 11.2. The average molecular weight is 266 g/mol. The molecule has 1 aliphatic heterocycles. The normalized spacial score (nSPS) is 11.8. The van der Waals surface area contributed by atoms with E-state index in [4.69, 9.17) is 0 Å². The zero-order chi connectivity index (χ0) is 13.9. The van der Waals surface area contributed by atoms with Crippen molar-refractivity contribution in [2.24, 2.45) is 0 Å². The van der Waals surface area contributed by atoms with Crippen LogP contribution in [-0.2, 0) is 24.2 Å². The highest BCUT2D eigenvalue weighted by Crippen LogP contribution is 2.24. The van der Waals surface area contributed by atoms with E-state index >= 15 is 0 Å². The topological polar surface area (TPSA) is 59.8 Å². The van der Waals surface area contributed by atoms with Crippen LogP contribution in [0.5, 0.6) is 0 Å². The van der Waals surface area contributed by atoms with Crippen LogP contribution in [0.4, 0.5) is 0 Å². The van der Waals surface area contributed by atoms with E-state index in [1.807, 2.05) is 16.7 Å². The second-order valence-corrected chi connectivity index (χ2v) is 4.55. The highest BCUT2D eigenvalue weighted by molar-refractivity contribution is 5.93. The number of hydrogen-bond acceptors (Lipinski definition) is 3. The fourth-order valence-corrected chi connectivity index (χ4v) is 2.41. The van der Waals surface area contributed by atoms with Crippen molar-refractivity contribution in [1.29, 1.82) is 0 Å². The number of rotatable bonds is 2. The third kappa shape index (κ3) is 2.16. The van der Waals surface area contributed by atoms with Crippen LogP contribution in [-0.4, -0.2) is 20.7 Å². The van der Waals surface area contributed by atoms with Crippen LogP contribution in [0.3, 0.4) is 0 Å². The van der Waals surface area contributed by atoms with Gasteiger partial charge in [0.2, 0.25) is 0 Å². The second-order valence-electron chi connectivity index (χ2n) is 4.55. The summed E-state index contributed by atoms with van der Waals surface area (Å²) < 4.78 is 2.03. The van der Waals surface area contributed by atoms with E-state index in [-0.39, 0.29) is 5.91 Å². The van der Waals surface area contributed by atoms with E-state index < -0.39 is 0 Å². The molecular formula is C15H14N4O. The molecule has 2 heterocycles. The molecule has 0 aliphatic carbocycles. The van der Waals surface area contributed by atoms with Crippen molar-refractivity contribution in [1.82, 2.24) is 20.1 Å². The van der Waals surface area contributed by atoms with Crippen molar-refractivity contribution in [3.63, 3.8) is 0 Å². The summed E-state index contributed by atoms with van der Waals surface area (Å²) in [6.45, 7) is 1.96. The molecule has 0 atom stereocenters. The Labute approximate surface area is 117 Å².